The molecule has 0 fully saturated rings. The van der Waals surface area contributed by atoms with Crippen LogP contribution >= 0.6 is 0 Å². The second-order valence-electron chi connectivity index (χ2n) is 6.01. The van der Waals surface area contributed by atoms with E-state index >= 15 is 0 Å². The monoisotopic (exact) mass is 218 g/mol. The summed E-state index contributed by atoms with van der Waals surface area (Å²) in [5.41, 5.74) is 3.41. The highest BCUT2D eigenvalue weighted by Crippen LogP contribution is 2.41. The molecule has 1 aromatic rings. The fraction of sp³-hybridized carbons (Fsp3) is 0.600. The van der Waals surface area contributed by atoms with E-state index < -0.39 is 5.60 Å². The zero-order valence-electron chi connectivity index (χ0n) is 10.8. The molecule has 0 bridgehead atoms. The first-order chi connectivity index (χ1) is 7.37. The Kier molecular flexibility index (Phi) is 2.62. The summed E-state index contributed by atoms with van der Waals surface area (Å²) in [5, 5.41) is 10.5. The van der Waals surface area contributed by atoms with Crippen molar-refractivity contribution < 1.29 is 5.11 Å². The second-order valence-corrected chi connectivity index (χ2v) is 6.01. The van der Waals surface area contributed by atoms with Crippen LogP contribution in [0.25, 0.3) is 0 Å². The number of hydrogen-bond donors (Lipinski definition) is 1. The molecule has 88 valence electrons. The van der Waals surface area contributed by atoms with Gasteiger partial charge in [-0.2, -0.15) is 0 Å². The van der Waals surface area contributed by atoms with Crippen LogP contribution in [0.3, 0.4) is 0 Å². The minimum absolute atomic E-state index is 0.159. The largest absolute Gasteiger partial charge is 0.385 e. The Labute approximate surface area is 98.5 Å². The van der Waals surface area contributed by atoms with Crippen LogP contribution in [0.5, 0.6) is 0 Å². The Hall–Kier alpha value is -0.820. The minimum Gasteiger partial charge on any atom is -0.385 e. The highest BCUT2D eigenvalue weighted by molar-refractivity contribution is 5.42. The van der Waals surface area contributed by atoms with Gasteiger partial charge in [0.1, 0.15) is 0 Å². The number of hydrogen-bond acceptors (Lipinski definition) is 1. The Morgan fingerprint density at radius 1 is 1.31 bits per heavy atom. The highest BCUT2D eigenvalue weighted by atomic mass is 16.3. The third kappa shape index (κ3) is 1.78. The van der Waals surface area contributed by atoms with Crippen molar-refractivity contribution in [3.63, 3.8) is 0 Å². The lowest BCUT2D eigenvalue weighted by molar-refractivity contribution is 0.0345. The summed E-state index contributed by atoms with van der Waals surface area (Å²) >= 11 is 0. The van der Waals surface area contributed by atoms with E-state index in [1.54, 1.807) is 0 Å². The summed E-state index contributed by atoms with van der Waals surface area (Å²) in [4.78, 5) is 0. The first kappa shape index (κ1) is 11.7. The maximum atomic E-state index is 10.5. The number of fused-ring (bicyclic) bond motifs is 1. The lowest BCUT2D eigenvalue weighted by Gasteiger charge is -2.25. The van der Waals surface area contributed by atoms with Crippen LogP contribution in [0, 0.1) is 0 Å². The quantitative estimate of drug-likeness (QED) is 0.764. The maximum absolute atomic E-state index is 10.5. The Morgan fingerprint density at radius 3 is 2.56 bits per heavy atom. The van der Waals surface area contributed by atoms with Crippen molar-refractivity contribution in [2.45, 2.75) is 58.0 Å². The topological polar surface area (TPSA) is 20.2 Å². The predicted octanol–water partition coefficient (Wildman–Crippen LogP) is 3.53. The average Bonchev–Trinajstić information content (AvgIpc) is 2.56. The molecule has 0 saturated carbocycles. The Balaban J connectivity index is 2.50. The van der Waals surface area contributed by atoms with Crippen LogP contribution in [-0.4, -0.2) is 5.11 Å². The zero-order valence-corrected chi connectivity index (χ0v) is 10.8. The van der Waals surface area contributed by atoms with Crippen LogP contribution in [0.4, 0.5) is 0 Å². The van der Waals surface area contributed by atoms with E-state index in [2.05, 4.69) is 45.9 Å². The molecule has 0 saturated heterocycles. The van der Waals surface area contributed by atoms with Crippen molar-refractivity contribution in [2.24, 2.45) is 0 Å². The van der Waals surface area contributed by atoms with Crippen molar-refractivity contribution >= 4 is 0 Å². The lowest BCUT2D eigenvalue weighted by atomic mass is 9.83. The summed E-state index contributed by atoms with van der Waals surface area (Å²) in [5.74, 6) is 0. The molecule has 1 unspecified atom stereocenters. The van der Waals surface area contributed by atoms with E-state index in [1.165, 1.54) is 16.7 Å². The number of benzene rings is 1. The molecular weight excluding hydrogens is 196 g/mol. The van der Waals surface area contributed by atoms with Crippen LogP contribution in [0.2, 0.25) is 0 Å². The van der Waals surface area contributed by atoms with Gasteiger partial charge >= 0.3 is 0 Å². The molecule has 1 nitrogen and oxygen atoms in total. The molecule has 2 rings (SSSR count). The van der Waals surface area contributed by atoms with Gasteiger partial charge in [-0.15, -0.1) is 0 Å². The molecule has 0 amide bonds. The van der Waals surface area contributed by atoms with Gasteiger partial charge in [0, 0.05) is 0 Å². The van der Waals surface area contributed by atoms with Crippen molar-refractivity contribution in [2.75, 3.05) is 0 Å². The van der Waals surface area contributed by atoms with Crippen LogP contribution in [0.15, 0.2) is 18.2 Å². The van der Waals surface area contributed by atoms with Gasteiger partial charge in [0.15, 0.2) is 0 Å². The summed E-state index contributed by atoms with van der Waals surface area (Å²) in [6, 6.07) is 6.62. The predicted molar refractivity (Wildman–Crippen MR) is 67.7 cm³/mol. The first-order valence-electron chi connectivity index (χ1n) is 6.23. The molecule has 1 heteroatoms. The molecule has 0 radical (unpaired) electrons. The van der Waals surface area contributed by atoms with Gasteiger partial charge in [0.05, 0.1) is 5.60 Å². The summed E-state index contributed by atoms with van der Waals surface area (Å²) < 4.78 is 0. The molecular formula is C15H22O. The van der Waals surface area contributed by atoms with E-state index in [4.69, 9.17) is 0 Å². The fourth-order valence-electron chi connectivity index (χ4n) is 2.54. The van der Waals surface area contributed by atoms with Crippen molar-refractivity contribution in [1.29, 1.82) is 0 Å². The smallest absolute Gasteiger partial charge is 0.0899 e. The van der Waals surface area contributed by atoms with E-state index in [0.29, 0.717) is 0 Å². The van der Waals surface area contributed by atoms with Gasteiger partial charge in [-0.1, -0.05) is 45.9 Å². The van der Waals surface area contributed by atoms with Crippen LogP contribution < -0.4 is 0 Å². The molecule has 1 N–H and O–H groups in total. The third-order valence-electron chi connectivity index (χ3n) is 3.87. The number of aliphatic hydroxyl groups is 1. The molecule has 1 aliphatic carbocycles. The average molecular weight is 218 g/mol. The molecule has 1 aliphatic rings. The lowest BCUT2D eigenvalue weighted by Crippen LogP contribution is -2.21. The van der Waals surface area contributed by atoms with Gasteiger partial charge in [-0.25, -0.2) is 0 Å². The van der Waals surface area contributed by atoms with Gasteiger partial charge in [-0.3, -0.25) is 0 Å². The normalized spacial score (nSPS) is 24.6. The first-order valence-corrected chi connectivity index (χ1v) is 6.23. The summed E-state index contributed by atoms with van der Waals surface area (Å²) in [7, 11) is 0. The van der Waals surface area contributed by atoms with E-state index in [-0.39, 0.29) is 5.41 Å². The molecule has 1 aromatic carbocycles. The SMILES string of the molecule is CCC1(O)CCc2ccc(C(C)(C)C)cc21. The van der Waals surface area contributed by atoms with Crippen LogP contribution in [-0.2, 0) is 17.4 Å². The van der Waals surface area contributed by atoms with E-state index in [9.17, 15) is 5.11 Å². The fourth-order valence-corrected chi connectivity index (χ4v) is 2.54. The zero-order chi connectivity index (χ0) is 12.0. The number of aryl methyl sites for hydroxylation is 1. The van der Waals surface area contributed by atoms with Gasteiger partial charge in [0.25, 0.3) is 0 Å². The molecule has 16 heavy (non-hydrogen) atoms. The highest BCUT2D eigenvalue weighted by Gasteiger charge is 2.35. The van der Waals surface area contributed by atoms with E-state index in [0.717, 1.165) is 19.3 Å². The van der Waals surface area contributed by atoms with Crippen LogP contribution in [0.1, 0.15) is 57.2 Å². The standard InChI is InChI=1S/C15H22O/c1-5-15(16)9-8-11-6-7-12(10-13(11)15)14(2,3)4/h6-7,10,16H,5,8-9H2,1-4H3. The van der Waals surface area contributed by atoms with Gasteiger partial charge < -0.3 is 5.11 Å². The molecule has 0 aliphatic heterocycles. The molecule has 1 atom stereocenters. The Morgan fingerprint density at radius 2 is 2.00 bits per heavy atom. The maximum Gasteiger partial charge on any atom is 0.0899 e. The number of rotatable bonds is 1. The van der Waals surface area contributed by atoms with Crippen molar-refractivity contribution in [3.05, 3.63) is 34.9 Å². The molecule has 0 aromatic heterocycles. The van der Waals surface area contributed by atoms with Crippen molar-refractivity contribution in [1.82, 2.24) is 0 Å². The van der Waals surface area contributed by atoms with Gasteiger partial charge in [0.2, 0.25) is 0 Å². The van der Waals surface area contributed by atoms with Crippen molar-refractivity contribution in [3.8, 4) is 0 Å². The molecule has 0 spiro atoms. The minimum atomic E-state index is -0.573. The van der Waals surface area contributed by atoms with Gasteiger partial charge in [-0.05, 0) is 41.4 Å². The molecule has 0 heterocycles. The Bertz CT molecular complexity index is 400. The summed E-state index contributed by atoms with van der Waals surface area (Å²) in [6.45, 7) is 8.72. The second kappa shape index (κ2) is 3.59. The summed E-state index contributed by atoms with van der Waals surface area (Å²) in [6.07, 6.45) is 2.71. The van der Waals surface area contributed by atoms with E-state index in [1.807, 2.05) is 0 Å². The third-order valence-corrected chi connectivity index (χ3v) is 3.87.